The third-order valence-electron chi connectivity index (χ3n) is 3.81. The van der Waals surface area contributed by atoms with Crippen LogP contribution in [0.5, 0.6) is 0 Å². The van der Waals surface area contributed by atoms with E-state index >= 15 is 0 Å². The minimum absolute atomic E-state index is 0.0190. The van der Waals surface area contributed by atoms with Crippen LogP contribution in [0.2, 0.25) is 0 Å². The lowest BCUT2D eigenvalue weighted by Gasteiger charge is -2.26. The normalized spacial score (nSPS) is 14.4. The van der Waals surface area contributed by atoms with Gasteiger partial charge in [0, 0.05) is 30.8 Å². The zero-order valence-electron chi connectivity index (χ0n) is 14.0. The molecule has 0 radical (unpaired) electrons. The zero-order chi connectivity index (χ0) is 17.6. The Labute approximate surface area is 150 Å². The monoisotopic (exact) mass is 360 g/mol. The summed E-state index contributed by atoms with van der Waals surface area (Å²) in [6, 6.07) is 6.88. The van der Waals surface area contributed by atoms with Gasteiger partial charge in [-0.1, -0.05) is 18.3 Å². The molecule has 1 aliphatic rings. The zero-order valence-corrected chi connectivity index (χ0v) is 14.8. The summed E-state index contributed by atoms with van der Waals surface area (Å²) in [6.07, 6.45) is 1.79. The second-order valence-electron chi connectivity index (χ2n) is 5.69. The van der Waals surface area contributed by atoms with Gasteiger partial charge in [-0.3, -0.25) is 9.59 Å². The molecule has 0 bridgehead atoms. The van der Waals surface area contributed by atoms with E-state index in [1.807, 2.05) is 0 Å². The van der Waals surface area contributed by atoms with Gasteiger partial charge < -0.3 is 15.0 Å². The predicted molar refractivity (Wildman–Crippen MR) is 95.0 cm³/mol. The second-order valence-corrected chi connectivity index (χ2v) is 6.75. The van der Waals surface area contributed by atoms with Crippen molar-refractivity contribution in [2.24, 2.45) is 0 Å². The Morgan fingerprint density at radius 2 is 1.92 bits per heavy atom. The van der Waals surface area contributed by atoms with E-state index in [0.29, 0.717) is 42.6 Å². The standard InChI is InChI=1S/C17H20N4O3S/c1-2-3-14-19-20-16(25-14)15(22)18-13-6-4-12(5-7-13)17(23)21-8-10-24-11-9-21/h4-7H,2-3,8-11H2,1H3,(H,18,22). The average molecular weight is 360 g/mol. The van der Waals surface area contributed by atoms with E-state index in [9.17, 15) is 9.59 Å². The lowest BCUT2D eigenvalue weighted by atomic mass is 10.1. The van der Waals surface area contributed by atoms with E-state index < -0.39 is 0 Å². The third kappa shape index (κ3) is 4.40. The van der Waals surface area contributed by atoms with Crippen molar-refractivity contribution in [2.45, 2.75) is 19.8 Å². The van der Waals surface area contributed by atoms with E-state index in [4.69, 9.17) is 4.74 Å². The minimum Gasteiger partial charge on any atom is -0.378 e. The van der Waals surface area contributed by atoms with Gasteiger partial charge in [-0.2, -0.15) is 0 Å². The quantitative estimate of drug-likeness (QED) is 0.884. The summed E-state index contributed by atoms with van der Waals surface area (Å²) >= 11 is 1.30. The number of nitrogens with one attached hydrogen (secondary N) is 1. The molecule has 0 spiro atoms. The summed E-state index contributed by atoms with van der Waals surface area (Å²) in [5, 5.41) is 11.9. The number of anilines is 1. The second kappa shape index (κ2) is 8.17. The summed E-state index contributed by atoms with van der Waals surface area (Å²) in [6.45, 7) is 4.41. The van der Waals surface area contributed by atoms with Crippen LogP contribution in [0.1, 0.15) is 38.5 Å². The lowest BCUT2D eigenvalue weighted by molar-refractivity contribution is 0.0303. The van der Waals surface area contributed by atoms with Crippen LogP contribution in [0.4, 0.5) is 5.69 Å². The fourth-order valence-corrected chi connectivity index (χ4v) is 3.33. The minimum atomic E-state index is -0.285. The van der Waals surface area contributed by atoms with Gasteiger partial charge in [-0.05, 0) is 30.7 Å². The molecule has 3 rings (SSSR count). The van der Waals surface area contributed by atoms with Gasteiger partial charge in [-0.15, -0.1) is 10.2 Å². The van der Waals surface area contributed by atoms with Gasteiger partial charge in [0.2, 0.25) is 5.01 Å². The van der Waals surface area contributed by atoms with Crippen molar-refractivity contribution in [3.05, 3.63) is 39.8 Å². The number of aryl methyl sites for hydroxylation is 1. The highest BCUT2D eigenvalue weighted by Gasteiger charge is 2.18. The highest BCUT2D eigenvalue weighted by Crippen LogP contribution is 2.16. The van der Waals surface area contributed by atoms with Gasteiger partial charge in [-0.25, -0.2) is 0 Å². The highest BCUT2D eigenvalue weighted by molar-refractivity contribution is 7.13. The van der Waals surface area contributed by atoms with Crippen molar-refractivity contribution >= 4 is 28.8 Å². The lowest BCUT2D eigenvalue weighted by Crippen LogP contribution is -2.40. The van der Waals surface area contributed by atoms with Crippen molar-refractivity contribution in [2.75, 3.05) is 31.6 Å². The number of carbonyl (C=O) groups is 2. The Morgan fingerprint density at radius 1 is 1.20 bits per heavy atom. The number of nitrogens with zero attached hydrogens (tertiary/aromatic N) is 3. The van der Waals surface area contributed by atoms with Gasteiger partial charge in [0.25, 0.3) is 11.8 Å². The van der Waals surface area contributed by atoms with Gasteiger partial charge in [0.1, 0.15) is 5.01 Å². The molecule has 8 heteroatoms. The molecule has 2 aromatic rings. The van der Waals surface area contributed by atoms with Gasteiger partial charge in [0.15, 0.2) is 0 Å². The molecule has 0 aliphatic carbocycles. The van der Waals surface area contributed by atoms with Crippen LogP contribution in [-0.4, -0.2) is 53.2 Å². The third-order valence-corrected chi connectivity index (χ3v) is 4.79. The van der Waals surface area contributed by atoms with Gasteiger partial charge in [0.05, 0.1) is 13.2 Å². The summed E-state index contributed by atoms with van der Waals surface area (Å²) in [5.41, 5.74) is 1.22. The molecule has 0 saturated carbocycles. The molecular formula is C17H20N4O3S. The summed E-state index contributed by atoms with van der Waals surface area (Å²) in [5.74, 6) is -0.304. The molecule has 1 N–H and O–H groups in total. The largest absolute Gasteiger partial charge is 0.378 e. The van der Waals surface area contributed by atoms with E-state index in [1.54, 1.807) is 29.2 Å². The number of hydrogen-bond donors (Lipinski definition) is 1. The van der Waals surface area contributed by atoms with Crippen molar-refractivity contribution < 1.29 is 14.3 Å². The number of benzene rings is 1. The van der Waals surface area contributed by atoms with Crippen LogP contribution in [0, 0.1) is 0 Å². The highest BCUT2D eigenvalue weighted by atomic mass is 32.1. The number of morpholine rings is 1. The molecule has 132 valence electrons. The molecule has 1 aliphatic heterocycles. The molecule has 0 unspecified atom stereocenters. The first-order valence-electron chi connectivity index (χ1n) is 8.28. The van der Waals surface area contributed by atoms with Crippen molar-refractivity contribution in [1.82, 2.24) is 15.1 Å². The number of hydrogen-bond acceptors (Lipinski definition) is 6. The summed E-state index contributed by atoms with van der Waals surface area (Å²) < 4.78 is 5.26. The maximum absolute atomic E-state index is 12.4. The van der Waals surface area contributed by atoms with Crippen LogP contribution < -0.4 is 5.32 Å². The molecule has 2 heterocycles. The Balaban J connectivity index is 1.61. The van der Waals surface area contributed by atoms with Crippen molar-refractivity contribution in [3.63, 3.8) is 0 Å². The van der Waals surface area contributed by atoms with Crippen LogP contribution in [-0.2, 0) is 11.2 Å². The summed E-state index contributed by atoms with van der Waals surface area (Å²) in [7, 11) is 0. The maximum atomic E-state index is 12.4. The first kappa shape index (κ1) is 17.5. The Kier molecular flexibility index (Phi) is 5.72. The van der Waals surface area contributed by atoms with Crippen LogP contribution in [0.25, 0.3) is 0 Å². The number of aromatic nitrogens is 2. The van der Waals surface area contributed by atoms with Crippen LogP contribution in [0.15, 0.2) is 24.3 Å². The average Bonchev–Trinajstić information content (AvgIpc) is 3.12. The molecule has 7 nitrogen and oxygen atoms in total. The van der Waals surface area contributed by atoms with E-state index in [1.165, 1.54) is 11.3 Å². The molecular weight excluding hydrogens is 340 g/mol. The number of amides is 2. The van der Waals surface area contributed by atoms with Crippen molar-refractivity contribution in [1.29, 1.82) is 0 Å². The molecule has 2 amide bonds. The first-order chi connectivity index (χ1) is 12.2. The smallest absolute Gasteiger partial charge is 0.286 e. The van der Waals surface area contributed by atoms with Crippen LogP contribution >= 0.6 is 11.3 Å². The van der Waals surface area contributed by atoms with Crippen LogP contribution in [0.3, 0.4) is 0 Å². The molecule has 1 saturated heterocycles. The molecule has 0 atom stereocenters. The molecule has 1 aromatic carbocycles. The number of rotatable bonds is 5. The predicted octanol–water partition coefficient (Wildman–Crippen LogP) is 2.22. The van der Waals surface area contributed by atoms with Crippen molar-refractivity contribution in [3.8, 4) is 0 Å². The first-order valence-corrected chi connectivity index (χ1v) is 9.10. The summed E-state index contributed by atoms with van der Waals surface area (Å²) in [4.78, 5) is 26.4. The Hall–Kier alpha value is -2.32. The van der Waals surface area contributed by atoms with E-state index in [2.05, 4.69) is 22.4 Å². The SMILES string of the molecule is CCCc1nnc(C(=O)Nc2ccc(C(=O)N3CCOCC3)cc2)s1. The van der Waals surface area contributed by atoms with E-state index in [-0.39, 0.29) is 11.8 Å². The molecule has 1 aromatic heterocycles. The molecule has 25 heavy (non-hydrogen) atoms. The van der Waals surface area contributed by atoms with E-state index in [0.717, 1.165) is 17.8 Å². The number of ether oxygens (including phenoxy) is 1. The van der Waals surface area contributed by atoms with Gasteiger partial charge >= 0.3 is 0 Å². The maximum Gasteiger partial charge on any atom is 0.286 e. The fourth-order valence-electron chi connectivity index (χ4n) is 2.49. The number of carbonyl (C=O) groups excluding carboxylic acids is 2. The Bertz CT molecular complexity index is 739. The topological polar surface area (TPSA) is 84.4 Å². The molecule has 1 fully saturated rings. The fraction of sp³-hybridized carbons (Fsp3) is 0.412. The Morgan fingerprint density at radius 3 is 2.60 bits per heavy atom.